The highest BCUT2D eigenvalue weighted by atomic mass is 31.1. The molecule has 0 fully saturated rings. The van der Waals surface area contributed by atoms with Crippen molar-refractivity contribution < 1.29 is 4.74 Å². The van der Waals surface area contributed by atoms with Crippen LogP contribution in [-0.4, -0.2) is 0 Å². The minimum absolute atomic E-state index is 0.395. The first kappa shape index (κ1) is 25.2. The highest BCUT2D eigenvalue weighted by Gasteiger charge is 2.19. The summed E-state index contributed by atoms with van der Waals surface area (Å²) >= 11 is 0. The summed E-state index contributed by atoms with van der Waals surface area (Å²) in [4.78, 5) is 0. The van der Waals surface area contributed by atoms with Gasteiger partial charge < -0.3 is 4.74 Å². The van der Waals surface area contributed by atoms with E-state index in [1.54, 1.807) is 0 Å². The minimum atomic E-state index is 0.395. The van der Waals surface area contributed by atoms with E-state index in [0.29, 0.717) is 26.3 Å². The van der Waals surface area contributed by atoms with Crippen molar-refractivity contribution in [1.29, 1.82) is 0 Å². The van der Waals surface area contributed by atoms with Crippen molar-refractivity contribution in [1.82, 2.24) is 0 Å². The molecule has 0 aliphatic carbocycles. The maximum Gasteiger partial charge on any atom is 0.134 e. The Bertz CT molecular complexity index is 1230. The van der Waals surface area contributed by atoms with Crippen molar-refractivity contribution in [3.05, 3.63) is 108 Å². The van der Waals surface area contributed by atoms with Crippen LogP contribution in [0.25, 0.3) is 11.1 Å². The van der Waals surface area contributed by atoms with Gasteiger partial charge in [0.25, 0.3) is 0 Å². The van der Waals surface area contributed by atoms with E-state index >= 15 is 0 Å². The maximum atomic E-state index is 6.62. The summed E-state index contributed by atoms with van der Waals surface area (Å²) in [5.41, 5.74) is 6.47. The lowest BCUT2D eigenvalue weighted by molar-refractivity contribution is 0.463. The Morgan fingerprint density at radius 2 is 1.17 bits per heavy atom. The number of hydrogen-bond donors (Lipinski definition) is 0. The van der Waals surface area contributed by atoms with Gasteiger partial charge in [-0.05, 0) is 68.3 Å². The molecule has 0 heterocycles. The highest BCUT2D eigenvalue weighted by Crippen LogP contribution is 2.40. The molecule has 0 saturated carbocycles. The summed E-state index contributed by atoms with van der Waals surface area (Å²) in [6, 6.07) is 32.7. The SMILES string of the molecule is CC(C)c1cc(C(C)C)c(Oc2ccc(-c3ccccc3Pc3ccccc3)cc2)c(C(C)C)c1. The molecule has 0 aliphatic rings. The van der Waals surface area contributed by atoms with Crippen LogP contribution in [0, 0.1) is 0 Å². The van der Waals surface area contributed by atoms with Crippen molar-refractivity contribution in [2.75, 3.05) is 0 Å². The van der Waals surface area contributed by atoms with Gasteiger partial charge in [-0.2, -0.15) is 0 Å². The van der Waals surface area contributed by atoms with Gasteiger partial charge in [-0.3, -0.25) is 0 Å². The molecule has 0 N–H and O–H groups in total. The van der Waals surface area contributed by atoms with Gasteiger partial charge in [0, 0.05) is 0 Å². The molecule has 0 aromatic heterocycles. The predicted octanol–water partition coefficient (Wildman–Crippen LogP) is 9.15. The van der Waals surface area contributed by atoms with E-state index in [0.717, 1.165) is 11.5 Å². The monoisotopic (exact) mass is 480 g/mol. The molecule has 4 rings (SSSR count). The van der Waals surface area contributed by atoms with Crippen LogP contribution in [0.5, 0.6) is 11.5 Å². The van der Waals surface area contributed by atoms with Crippen LogP contribution in [0.1, 0.15) is 76.0 Å². The molecule has 1 unspecified atom stereocenters. The van der Waals surface area contributed by atoms with Crippen LogP contribution in [0.3, 0.4) is 0 Å². The Balaban J connectivity index is 1.65. The van der Waals surface area contributed by atoms with Gasteiger partial charge in [0.05, 0.1) is 0 Å². The van der Waals surface area contributed by atoms with Gasteiger partial charge in [0.15, 0.2) is 0 Å². The van der Waals surface area contributed by atoms with E-state index in [2.05, 4.69) is 133 Å². The molecule has 0 bridgehead atoms. The minimum Gasteiger partial charge on any atom is -0.457 e. The summed E-state index contributed by atoms with van der Waals surface area (Å²) in [6.45, 7) is 13.5. The van der Waals surface area contributed by atoms with Crippen LogP contribution in [-0.2, 0) is 0 Å². The first-order valence-corrected chi connectivity index (χ1v) is 13.7. The number of benzene rings is 4. The van der Waals surface area contributed by atoms with Crippen LogP contribution in [0.2, 0.25) is 0 Å². The van der Waals surface area contributed by atoms with Crippen molar-refractivity contribution >= 4 is 19.2 Å². The first-order chi connectivity index (χ1) is 16.8. The Morgan fingerprint density at radius 1 is 0.600 bits per heavy atom. The van der Waals surface area contributed by atoms with Crippen LogP contribution in [0.4, 0.5) is 0 Å². The molecule has 0 saturated heterocycles. The maximum absolute atomic E-state index is 6.62. The van der Waals surface area contributed by atoms with Gasteiger partial charge in [-0.1, -0.05) is 129 Å². The third kappa shape index (κ3) is 6.03. The molecule has 0 radical (unpaired) electrons. The second-order valence-corrected chi connectivity index (χ2v) is 11.5. The van der Waals surface area contributed by atoms with Crippen LogP contribution < -0.4 is 15.3 Å². The summed E-state index contributed by atoms with van der Waals surface area (Å²) in [5, 5.41) is 2.72. The fourth-order valence-electron chi connectivity index (χ4n) is 4.35. The molecule has 0 aliphatic heterocycles. The Morgan fingerprint density at radius 3 is 1.74 bits per heavy atom. The molecule has 180 valence electrons. The lowest BCUT2D eigenvalue weighted by Crippen LogP contribution is -2.06. The summed E-state index contributed by atoms with van der Waals surface area (Å²) < 4.78 is 6.62. The summed E-state index contributed by atoms with van der Waals surface area (Å²) in [5.74, 6) is 3.20. The van der Waals surface area contributed by atoms with Gasteiger partial charge >= 0.3 is 0 Å². The lowest BCUT2D eigenvalue weighted by atomic mass is 9.88. The average Bonchev–Trinajstić information content (AvgIpc) is 2.85. The van der Waals surface area contributed by atoms with E-state index in [-0.39, 0.29) is 0 Å². The highest BCUT2D eigenvalue weighted by molar-refractivity contribution is 7.55. The third-order valence-electron chi connectivity index (χ3n) is 6.44. The summed E-state index contributed by atoms with van der Waals surface area (Å²) in [6.07, 6.45) is 0. The topological polar surface area (TPSA) is 9.23 Å². The molecular formula is C33H37OP. The van der Waals surface area contributed by atoms with Crippen molar-refractivity contribution in [2.45, 2.75) is 59.3 Å². The van der Waals surface area contributed by atoms with E-state index in [1.807, 2.05) is 0 Å². The molecule has 1 atom stereocenters. The number of ether oxygens (including phenoxy) is 1. The molecule has 4 aromatic rings. The lowest BCUT2D eigenvalue weighted by Gasteiger charge is -2.23. The molecule has 2 heteroatoms. The van der Waals surface area contributed by atoms with Gasteiger partial charge in [-0.15, -0.1) is 0 Å². The van der Waals surface area contributed by atoms with E-state index in [9.17, 15) is 0 Å². The number of rotatable bonds is 8. The van der Waals surface area contributed by atoms with E-state index in [4.69, 9.17) is 4.74 Å². The second-order valence-electron chi connectivity index (χ2n) is 10.2. The summed E-state index contributed by atoms with van der Waals surface area (Å²) in [7, 11) is 0.632. The van der Waals surface area contributed by atoms with Gasteiger partial charge in [0.2, 0.25) is 0 Å². The fourth-order valence-corrected chi connectivity index (χ4v) is 5.56. The molecule has 35 heavy (non-hydrogen) atoms. The quantitative estimate of drug-likeness (QED) is 0.228. The zero-order valence-electron chi connectivity index (χ0n) is 21.8. The standard InChI is InChI=1S/C33H37OP/c1-22(2)26-20-30(23(3)4)33(31(21-26)24(5)6)34-27-18-16-25(17-19-27)29-14-10-11-15-32(29)35-28-12-8-7-9-13-28/h7-24,35H,1-6H3. The van der Waals surface area contributed by atoms with E-state index in [1.165, 1.54) is 38.4 Å². The Labute approximate surface area is 213 Å². The van der Waals surface area contributed by atoms with Crippen molar-refractivity contribution in [2.24, 2.45) is 0 Å². The molecule has 0 spiro atoms. The second kappa shape index (κ2) is 11.2. The largest absolute Gasteiger partial charge is 0.457 e. The van der Waals surface area contributed by atoms with Gasteiger partial charge in [0.1, 0.15) is 11.5 Å². The molecule has 0 amide bonds. The molecule has 1 nitrogen and oxygen atoms in total. The number of hydrogen-bond acceptors (Lipinski definition) is 1. The van der Waals surface area contributed by atoms with E-state index < -0.39 is 0 Å². The third-order valence-corrected chi connectivity index (χ3v) is 7.77. The smallest absolute Gasteiger partial charge is 0.134 e. The average molecular weight is 481 g/mol. The van der Waals surface area contributed by atoms with Crippen molar-refractivity contribution in [3.63, 3.8) is 0 Å². The molecule has 4 aromatic carbocycles. The van der Waals surface area contributed by atoms with Crippen LogP contribution in [0.15, 0.2) is 91.0 Å². The normalized spacial score (nSPS) is 11.8. The zero-order valence-corrected chi connectivity index (χ0v) is 22.8. The zero-order chi connectivity index (χ0) is 24.9. The van der Waals surface area contributed by atoms with Gasteiger partial charge in [-0.25, -0.2) is 0 Å². The Kier molecular flexibility index (Phi) is 8.09. The first-order valence-electron chi connectivity index (χ1n) is 12.7. The predicted molar refractivity (Wildman–Crippen MR) is 155 cm³/mol. The fraction of sp³-hybridized carbons (Fsp3) is 0.273. The van der Waals surface area contributed by atoms with Crippen molar-refractivity contribution in [3.8, 4) is 22.6 Å². The molecular weight excluding hydrogens is 443 g/mol. The Hall–Kier alpha value is -2.89. The van der Waals surface area contributed by atoms with Crippen LogP contribution >= 0.6 is 8.58 Å².